The molecule has 1 heterocycles. The molecule has 2 nitrogen and oxygen atoms in total. The van der Waals surface area contributed by atoms with Crippen molar-refractivity contribution in [1.82, 2.24) is 4.98 Å². The summed E-state index contributed by atoms with van der Waals surface area (Å²) in [6.45, 7) is 0. The number of aromatic nitrogens is 1. The van der Waals surface area contributed by atoms with Gasteiger partial charge in [0.1, 0.15) is 11.1 Å². The van der Waals surface area contributed by atoms with Crippen LogP contribution in [0.4, 0.5) is 0 Å². The Hall–Kier alpha value is -2.12. The van der Waals surface area contributed by atoms with E-state index in [1.165, 1.54) is 11.3 Å². The summed E-state index contributed by atoms with van der Waals surface area (Å²) in [6.07, 6.45) is 1.73. The number of halogens is 2. The van der Waals surface area contributed by atoms with Crippen molar-refractivity contribution < 1.29 is 0 Å². The molecule has 2 aromatic carbocycles. The van der Waals surface area contributed by atoms with Crippen LogP contribution in [0, 0.1) is 11.3 Å². The van der Waals surface area contributed by atoms with Gasteiger partial charge in [-0.2, -0.15) is 5.26 Å². The molecule has 0 saturated carbocycles. The van der Waals surface area contributed by atoms with E-state index < -0.39 is 0 Å². The third-order valence-corrected chi connectivity index (χ3v) is 4.62. The highest BCUT2D eigenvalue weighted by atomic mass is 35.5. The highest BCUT2D eigenvalue weighted by Gasteiger charge is 2.10. The lowest BCUT2D eigenvalue weighted by Crippen LogP contribution is -1.83. The van der Waals surface area contributed by atoms with Gasteiger partial charge in [0.05, 0.1) is 11.3 Å². The number of nitriles is 1. The van der Waals surface area contributed by atoms with Gasteiger partial charge < -0.3 is 0 Å². The number of hydrogen-bond donors (Lipinski definition) is 0. The van der Waals surface area contributed by atoms with Gasteiger partial charge in [0.15, 0.2) is 0 Å². The van der Waals surface area contributed by atoms with E-state index in [9.17, 15) is 5.26 Å². The van der Waals surface area contributed by atoms with E-state index in [1.807, 2.05) is 35.7 Å². The second-order valence-electron chi connectivity index (χ2n) is 4.74. The SMILES string of the molecule is N#C/C(=C\c1ccc(Cl)cc1Cl)c1nc(-c2ccccc2)cs1. The van der Waals surface area contributed by atoms with Crippen molar-refractivity contribution in [3.05, 3.63) is 74.5 Å². The van der Waals surface area contributed by atoms with E-state index in [0.717, 1.165) is 16.8 Å². The fourth-order valence-corrected chi connectivity index (χ4v) is 3.31. The number of benzene rings is 2. The molecule has 0 bridgehead atoms. The van der Waals surface area contributed by atoms with Gasteiger partial charge >= 0.3 is 0 Å². The van der Waals surface area contributed by atoms with Gasteiger partial charge in [0.25, 0.3) is 0 Å². The van der Waals surface area contributed by atoms with Gasteiger partial charge in [-0.05, 0) is 23.8 Å². The number of hydrogen-bond acceptors (Lipinski definition) is 3. The normalized spacial score (nSPS) is 11.3. The van der Waals surface area contributed by atoms with Crippen molar-refractivity contribution in [3.8, 4) is 17.3 Å². The highest BCUT2D eigenvalue weighted by Crippen LogP contribution is 2.29. The van der Waals surface area contributed by atoms with Crippen LogP contribution in [0.1, 0.15) is 10.6 Å². The minimum atomic E-state index is 0.474. The second kappa shape index (κ2) is 6.97. The number of rotatable bonds is 3. The first-order valence-electron chi connectivity index (χ1n) is 6.75. The third kappa shape index (κ3) is 3.62. The van der Waals surface area contributed by atoms with Crippen LogP contribution in [0.5, 0.6) is 0 Å². The Balaban J connectivity index is 1.97. The molecule has 112 valence electrons. The van der Waals surface area contributed by atoms with Gasteiger partial charge in [-0.1, -0.05) is 59.6 Å². The Kier molecular flexibility index (Phi) is 4.78. The highest BCUT2D eigenvalue weighted by molar-refractivity contribution is 7.11. The van der Waals surface area contributed by atoms with E-state index in [4.69, 9.17) is 23.2 Å². The largest absolute Gasteiger partial charge is 0.235 e. The van der Waals surface area contributed by atoms with Crippen LogP contribution < -0.4 is 0 Å². The molecule has 0 fully saturated rings. The molecule has 3 aromatic rings. The first-order chi connectivity index (χ1) is 11.2. The Morgan fingerprint density at radius 1 is 1.13 bits per heavy atom. The van der Waals surface area contributed by atoms with Crippen LogP contribution in [0.15, 0.2) is 53.9 Å². The van der Waals surface area contributed by atoms with Crippen molar-refractivity contribution in [2.75, 3.05) is 0 Å². The monoisotopic (exact) mass is 356 g/mol. The van der Waals surface area contributed by atoms with Crippen LogP contribution >= 0.6 is 34.5 Å². The van der Waals surface area contributed by atoms with E-state index in [0.29, 0.717) is 20.6 Å². The predicted octanol–water partition coefficient (Wildman–Crippen LogP) is 6.18. The van der Waals surface area contributed by atoms with Crippen molar-refractivity contribution >= 4 is 46.2 Å². The lowest BCUT2D eigenvalue weighted by Gasteiger charge is -2.00. The maximum Gasteiger partial charge on any atom is 0.134 e. The Morgan fingerprint density at radius 3 is 2.61 bits per heavy atom. The second-order valence-corrected chi connectivity index (χ2v) is 6.44. The van der Waals surface area contributed by atoms with E-state index in [2.05, 4.69) is 11.1 Å². The molecule has 0 N–H and O–H groups in total. The summed E-state index contributed by atoms with van der Waals surface area (Å²) in [5, 5.41) is 13.1. The number of nitrogens with zero attached hydrogens (tertiary/aromatic N) is 2. The average molecular weight is 357 g/mol. The van der Waals surface area contributed by atoms with Crippen molar-refractivity contribution in [2.24, 2.45) is 0 Å². The zero-order valence-corrected chi connectivity index (χ0v) is 14.2. The number of allylic oxidation sites excluding steroid dienone is 1. The Morgan fingerprint density at radius 2 is 1.91 bits per heavy atom. The summed E-state index contributed by atoms with van der Waals surface area (Å²) in [4.78, 5) is 4.55. The van der Waals surface area contributed by atoms with Crippen molar-refractivity contribution in [3.63, 3.8) is 0 Å². The molecule has 0 radical (unpaired) electrons. The third-order valence-electron chi connectivity index (χ3n) is 3.19. The Bertz CT molecular complexity index is 908. The fraction of sp³-hybridized carbons (Fsp3) is 0. The molecule has 0 aliphatic carbocycles. The lowest BCUT2D eigenvalue weighted by molar-refractivity contribution is 1.37. The molecule has 0 spiro atoms. The fourth-order valence-electron chi connectivity index (χ4n) is 2.05. The van der Waals surface area contributed by atoms with Crippen LogP contribution in [0.3, 0.4) is 0 Å². The molecule has 3 rings (SSSR count). The van der Waals surface area contributed by atoms with Gasteiger partial charge in [-0.3, -0.25) is 0 Å². The molecular weight excluding hydrogens is 347 g/mol. The summed E-state index contributed by atoms with van der Waals surface area (Å²) in [5.74, 6) is 0. The topological polar surface area (TPSA) is 36.7 Å². The molecule has 0 saturated heterocycles. The van der Waals surface area contributed by atoms with E-state index in [-0.39, 0.29) is 0 Å². The van der Waals surface area contributed by atoms with Crippen LogP contribution in [-0.4, -0.2) is 4.98 Å². The molecular formula is C18H10Cl2N2S. The molecule has 23 heavy (non-hydrogen) atoms. The summed E-state index contributed by atoms with van der Waals surface area (Å²) < 4.78 is 0. The lowest BCUT2D eigenvalue weighted by atomic mass is 10.1. The standard InChI is InChI=1S/C18H10Cl2N2S/c19-15-7-6-13(16(20)9-15)8-14(10-21)18-22-17(11-23-18)12-4-2-1-3-5-12/h1-9,11H/b14-8+. The summed E-state index contributed by atoms with van der Waals surface area (Å²) in [5.41, 5.74) is 3.09. The first-order valence-corrected chi connectivity index (χ1v) is 8.39. The maximum atomic E-state index is 9.45. The van der Waals surface area contributed by atoms with Gasteiger partial charge in [0.2, 0.25) is 0 Å². The summed E-state index contributed by atoms with van der Waals surface area (Å²) >= 11 is 13.5. The molecule has 0 aliphatic rings. The Labute approximate surface area is 148 Å². The smallest absolute Gasteiger partial charge is 0.134 e. The van der Waals surface area contributed by atoms with E-state index >= 15 is 0 Å². The molecule has 0 aliphatic heterocycles. The van der Waals surface area contributed by atoms with Crippen LogP contribution in [0.2, 0.25) is 10.0 Å². The van der Waals surface area contributed by atoms with Crippen molar-refractivity contribution in [1.29, 1.82) is 5.26 Å². The minimum Gasteiger partial charge on any atom is -0.235 e. The molecule has 0 atom stereocenters. The first kappa shape index (κ1) is 15.8. The van der Waals surface area contributed by atoms with Gasteiger partial charge in [0, 0.05) is 21.0 Å². The van der Waals surface area contributed by atoms with Gasteiger partial charge in [-0.15, -0.1) is 11.3 Å². The zero-order valence-electron chi connectivity index (χ0n) is 11.8. The van der Waals surface area contributed by atoms with Crippen molar-refractivity contribution in [2.45, 2.75) is 0 Å². The molecule has 0 amide bonds. The minimum absolute atomic E-state index is 0.474. The summed E-state index contributed by atoms with van der Waals surface area (Å²) in [6, 6.07) is 17.2. The number of thiazole rings is 1. The molecule has 0 unspecified atom stereocenters. The van der Waals surface area contributed by atoms with Crippen LogP contribution in [-0.2, 0) is 0 Å². The average Bonchev–Trinajstić information content (AvgIpc) is 3.05. The zero-order chi connectivity index (χ0) is 16.2. The maximum absolute atomic E-state index is 9.45. The quantitative estimate of drug-likeness (QED) is 0.525. The summed E-state index contributed by atoms with van der Waals surface area (Å²) in [7, 11) is 0. The van der Waals surface area contributed by atoms with Crippen LogP contribution in [0.25, 0.3) is 22.9 Å². The molecule has 1 aromatic heterocycles. The van der Waals surface area contributed by atoms with E-state index in [1.54, 1.807) is 24.3 Å². The predicted molar refractivity (Wildman–Crippen MR) is 97.5 cm³/mol. The van der Waals surface area contributed by atoms with Gasteiger partial charge in [-0.25, -0.2) is 4.98 Å². The molecule has 5 heteroatoms.